The number of rotatable bonds is 2. The van der Waals surface area contributed by atoms with Crippen LogP contribution in [0.5, 0.6) is 0 Å². The largest absolute Gasteiger partial charge is 0.338 e. The first kappa shape index (κ1) is 13.2. The van der Waals surface area contributed by atoms with Crippen LogP contribution in [0.3, 0.4) is 0 Å². The summed E-state index contributed by atoms with van der Waals surface area (Å²) >= 11 is 0. The zero-order chi connectivity index (χ0) is 15.8. The Morgan fingerprint density at radius 2 is 1.91 bits per heavy atom. The Morgan fingerprint density at radius 3 is 2.70 bits per heavy atom. The van der Waals surface area contributed by atoms with E-state index in [0.717, 1.165) is 11.3 Å². The van der Waals surface area contributed by atoms with Gasteiger partial charge in [0, 0.05) is 28.9 Å². The third kappa shape index (κ3) is 2.24. The van der Waals surface area contributed by atoms with Gasteiger partial charge in [0.05, 0.1) is 16.8 Å². The van der Waals surface area contributed by atoms with Crippen LogP contribution in [0.15, 0.2) is 59.7 Å². The second-order valence-electron chi connectivity index (χ2n) is 5.07. The summed E-state index contributed by atoms with van der Waals surface area (Å²) in [5.74, 6) is 0.658. The monoisotopic (exact) mass is 305 g/mol. The molecule has 1 aliphatic heterocycles. The summed E-state index contributed by atoms with van der Waals surface area (Å²) in [7, 11) is 0. The second-order valence-corrected chi connectivity index (χ2v) is 5.07. The molecule has 23 heavy (non-hydrogen) atoms. The molecular formula is C16H11N5O2. The second kappa shape index (κ2) is 5.06. The maximum absolute atomic E-state index is 11.1. The summed E-state index contributed by atoms with van der Waals surface area (Å²) in [6, 6.07) is 14.3. The lowest BCUT2D eigenvalue weighted by Crippen LogP contribution is -2.06. The van der Waals surface area contributed by atoms with Crippen LogP contribution in [-0.2, 0) is 0 Å². The Bertz CT molecular complexity index is 931. The molecule has 112 valence electrons. The van der Waals surface area contributed by atoms with Gasteiger partial charge in [-0.2, -0.15) is 5.10 Å². The minimum atomic E-state index is -0.408. The Morgan fingerprint density at radius 1 is 1.09 bits per heavy atom. The van der Waals surface area contributed by atoms with E-state index in [1.54, 1.807) is 12.3 Å². The number of nitrogens with one attached hydrogen (secondary N) is 2. The van der Waals surface area contributed by atoms with Crippen LogP contribution in [0.25, 0.3) is 0 Å². The molecule has 0 unspecified atom stereocenters. The molecule has 7 nitrogen and oxygen atoms in total. The van der Waals surface area contributed by atoms with Crippen LogP contribution in [0.1, 0.15) is 11.1 Å². The molecule has 0 spiro atoms. The first-order chi connectivity index (χ1) is 11.2. The van der Waals surface area contributed by atoms with Gasteiger partial charge in [-0.3, -0.25) is 15.2 Å². The fraction of sp³-hybridized carbons (Fsp3) is 0. The molecule has 4 rings (SSSR count). The first-order valence-corrected chi connectivity index (χ1v) is 6.96. The van der Waals surface area contributed by atoms with Gasteiger partial charge in [0.2, 0.25) is 0 Å². The average Bonchev–Trinajstić information content (AvgIpc) is 2.94. The number of non-ortho nitro benzene ring substituents is 1. The smallest absolute Gasteiger partial charge is 0.270 e. The van der Waals surface area contributed by atoms with Crippen molar-refractivity contribution in [2.75, 3.05) is 5.32 Å². The standard InChI is InChI=1S/C16H11N5O2/c22-21(23)11-6-7-13-12(8-11)15(10-4-2-1-3-5-10)18-14-9-17-20-16(14)19-13/h1-9H,(H2,17,19,20). The van der Waals surface area contributed by atoms with Crippen molar-refractivity contribution in [1.29, 1.82) is 0 Å². The number of hydrogen-bond donors (Lipinski definition) is 2. The molecule has 2 N–H and O–H groups in total. The van der Waals surface area contributed by atoms with Gasteiger partial charge in [0.1, 0.15) is 5.69 Å². The van der Waals surface area contributed by atoms with Crippen LogP contribution in [0.2, 0.25) is 0 Å². The third-order valence-corrected chi connectivity index (χ3v) is 3.63. The molecule has 2 aromatic carbocycles. The Labute approximate surface area is 130 Å². The molecular weight excluding hydrogens is 294 g/mol. The van der Waals surface area contributed by atoms with Crippen molar-refractivity contribution in [3.8, 4) is 0 Å². The number of benzene rings is 2. The summed E-state index contributed by atoms with van der Waals surface area (Å²) in [4.78, 5) is 15.4. The molecule has 7 heteroatoms. The van der Waals surface area contributed by atoms with E-state index in [1.165, 1.54) is 12.1 Å². The number of nitrogens with zero attached hydrogens (tertiary/aromatic N) is 3. The Balaban J connectivity index is 1.99. The molecule has 0 saturated carbocycles. The zero-order valence-electron chi connectivity index (χ0n) is 11.9. The van der Waals surface area contributed by atoms with Crippen molar-refractivity contribution in [3.63, 3.8) is 0 Å². The van der Waals surface area contributed by atoms with Crippen LogP contribution >= 0.6 is 0 Å². The Hall–Kier alpha value is -3.48. The summed E-state index contributed by atoms with van der Waals surface area (Å²) in [6.07, 6.45) is 1.62. The zero-order valence-corrected chi connectivity index (χ0v) is 11.9. The molecule has 0 radical (unpaired) electrons. The van der Waals surface area contributed by atoms with Crippen molar-refractivity contribution in [1.82, 2.24) is 10.2 Å². The number of nitro benzene ring substituents is 1. The van der Waals surface area contributed by atoms with Crippen molar-refractivity contribution >= 4 is 28.6 Å². The highest BCUT2D eigenvalue weighted by Gasteiger charge is 2.21. The Kier molecular flexibility index (Phi) is 2.90. The summed E-state index contributed by atoms with van der Waals surface area (Å²) < 4.78 is 0. The summed E-state index contributed by atoms with van der Waals surface area (Å²) in [5, 5.41) is 21.1. The maximum atomic E-state index is 11.1. The highest BCUT2D eigenvalue weighted by Crippen LogP contribution is 2.35. The molecule has 0 atom stereocenters. The highest BCUT2D eigenvalue weighted by atomic mass is 16.6. The van der Waals surface area contributed by atoms with Gasteiger partial charge >= 0.3 is 0 Å². The van der Waals surface area contributed by atoms with Crippen LogP contribution in [-0.4, -0.2) is 20.8 Å². The van der Waals surface area contributed by atoms with Crippen molar-refractivity contribution in [2.45, 2.75) is 0 Å². The van der Waals surface area contributed by atoms with Crippen LogP contribution < -0.4 is 5.32 Å². The van der Waals surface area contributed by atoms with E-state index in [4.69, 9.17) is 0 Å². The maximum Gasteiger partial charge on any atom is 0.270 e. The molecule has 1 aromatic heterocycles. The lowest BCUT2D eigenvalue weighted by molar-refractivity contribution is -0.384. The van der Waals surface area contributed by atoms with Crippen LogP contribution in [0, 0.1) is 10.1 Å². The lowest BCUT2D eigenvalue weighted by atomic mass is 10.00. The summed E-state index contributed by atoms with van der Waals surface area (Å²) in [5.41, 5.74) is 3.64. The van der Waals surface area contributed by atoms with Crippen molar-refractivity contribution in [2.24, 2.45) is 4.99 Å². The number of aliphatic imine (C=N–C) groups is 1. The number of H-pyrrole nitrogens is 1. The molecule has 0 bridgehead atoms. The SMILES string of the molecule is O=[N+]([O-])c1ccc2c(c1)C(c1ccccc1)=Nc1cn[nH]c1N2. The molecule has 0 aliphatic carbocycles. The van der Waals surface area contributed by atoms with Gasteiger partial charge in [-0.15, -0.1) is 0 Å². The van der Waals surface area contributed by atoms with Crippen molar-refractivity contribution < 1.29 is 4.92 Å². The minimum Gasteiger partial charge on any atom is -0.338 e. The van der Waals surface area contributed by atoms with Gasteiger partial charge in [-0.25, -0.2) is 4.99 Å². The van der Waals surface area contributed by atoms with E-state index in [2.05, 4.69) is 20.5 Å². The number of nitro groups is 1. The van der Waals surface area contributed by atoms with Gasteiger partial charge < -0.3 is 5.32 Å². The number of aromatic amines is 1. The van der Waals surface area contributed by atoms with Crippen molar-refractivity contribution in [3.05, 3.63) is 76.0 Å². The van der Waals surface area contributed by atoms with E-state index in [-0.39, 0.29) is 5.69 Å². The number of anilines is 2. The minimum absolute atomic E-state index is 0.0258. The molecule has 3 aromatic rings. The number of hydrogen-bond acceptors (Lipinski definition) is 5. The average molecular weight is 305 g/mol. The third-order valence-electron chi connectivity index (χ3n) is 3.63. The fourth-order valence-electron chi connectivity index (χ4n) is 2.54. The predicted molar refractivity (Wildman–Crippen MR) is 86.7 cm³/mol. The summed E-state index contributed by atoms with van der Waals surface area (Å²) in [6.45, 7) is 0. The van der Waals surface area contributed by atoms with E-state index >= 15 is 0 Å². The van der Waals surface area contributed by atoms with E-state index in [9.17, 15) is 10.1 Å². The molecule has 0 fully saturated rings. The topological polar surface area (TPSA) is 96.2 Å². The molecule has 0 saturated heterocycles. The molecule has 1 aliphatic rings. The predicted octanol–water partition coefficient (Wildman–Crippen LogP) is 3.54. The number of fused-ring (bicyclic) bond motifs is 2. The van der Waals surface area contributed by atoms with E-state index in [0.29, 0.717) is 22.8 Å². The van der Waals surface area contributed by atoms with Gasteiger partial charge in [0.25, 0.3) is 5.69 Å². The molecule has 0 amide bonds. The first-order valence-electron chi connectivity index (χ1n) is 6.96. The van der Waals surface area contributed by atoms with E-state index in [1.807, 2.05) is 30.3 Å². The quantitative estimate of drug-likeness (QED) is 0.437. The highest BCUT2D eigenvalue weighted by molar-refractivity contribution is 6.18. The van der Waals surface area contributed by atoms with Gasteiger partial charge in [0.15, 0.2) is 5.82 Å². The lowest BCUT2D eigenvalue weighted by Gasteiger charge is -2.10. The normalized spacial score (nSPS) is 12.4. The fourth-order valence-corrected chi connectivity index (χ4v) is 2.54. The van der Waals surface area contributed by atoms with Crippen LogP contribution in [0.4, 0.5) is 22.9 Å². The molecule has 2 heterocycles. The number of aromatic nitrogens is 2. The van der Waals surface area contributed by atoms with Gasteiger partial charge in [-0.05, 0) is 6.07 Å². The van der Waals surface area contributed by atoms with E-state index < -0.39 is 4.92 Å². The van der Waals surface area contributed by atoms with Gasteiger partial charge in [-0.1, -0.05) is 30.3 Å².